The molecule has 0 rings (SSSR count). The van der Waals surface area contributed by atoms with Gasteiger partial charge in [0.2, 0.25) is 0 Å². The Bertz CT molecular complexity index is 1300. The quantitative estimate of drug-likeness (QED) is 0.0345. The van der Waals surface area contributed by atoms with Crippen molar-refractivity contribution in [2.45, 2.75) is 271 Å². The van der Waals surface area contributed by atoms with Gasteiger partial charge in [-0.2, -0.15) is 0 Å². The van der Waals surface area contributed by atoms with Gasteiger partial charge in [-0.25, -0.2) is 0 Å². The highest BCUT2D eigenvalue weighted by atomic mass is 16.6. The van der Waals surface area contributed by atoms with E-state index in [4.69, 9.17) is 14.2 Å². The van der Waals surface area contributed by atoms with E-state index in [1.54, 1.807) is 0 Å². The molecule has 0 spiro atoms. The third-order valence-electron chi connectivity index (χ3n) is 12.1. The first-order valence-electron chi connectivity index (χ1n) is 28.8. The molecule has 0 heterocycles. The number of carbonyl (C=O) groups is 2. The van der Waals surface area contributed by atoms with Gasteiger partial charge in [-0.1, -0.05) is 253 Å². The van der Waals surface area contributed by atoms with Crippen LogP contribution in [0.4, 0.5) is 0 Å². The number of carbonyl (C=O) groups excluding carboxylic acids is 2. The molecule has 0 saturated heterocycles. The molecule has 0 bridgehead atoms. The van der Waals surface area contributed by atoms with Crippen molar-refractivity contribution in [2.24, 2.45) is 0 Å². The Kier molecular flexibility index (Phi) is 55.4. The van der Waals surface area contributed by atoms with Crippen LogP contribution in [0, 0.1) is 0 Å². The Labute approximate surface area is 422 Å². The van der Waals surface area contributed by atoms with Crippen LogP contribution in [-0.4, -0.2) is 37.9 Å². The zero-order valence-corrected chi connectivity index (χ0v) is 44.8. The second kappa shape index (κ2) is 58.1. The molecule has 1 atom stereocenters. The van der Waals surface area contributed by atoms with Gasteiger partial charge in [-0.3, -0.25) is 9.59 Å². The molecule has 0 aliphatic rings. The van der Waals surface area contributed by atoms with Gasteiger partial charge in [-0.15, -0.1) is 0 Å². The first-order valence-corrected chi connectivity index (χ1v) is 28.8. The summed E-state index contributed by atoms with van der Waals surface area (Å²) in [6.07, 6.45) is 78.6. The van der Waals surface area contributed by atoms with Crippen LogP contribution in [0.1, 0.15) is 265 Å². The topological polar surface area (TPSA) is 61.8 Å². The summed E-state index contributed by atoms with van der Waals surface area (Å²) >= 11 is 0. The molecule has 0 aliphatic carbocycles. The average molecular weight is 946 g/mol. The van der Waals surface area contributed by atoms with Crippen molar-refractivity contribution in [3.63, 3.8) is 0 Å². The maximum atomic E-state index is 12.9. The molecule has 5 heteroatoms. The normalized spacial score (nSPS) is 12.9. The van der Waals surface area contributed by atoms with E-state index in [0.29, 0.717) is 19.4 Å². The standard InChI is InChI=1S/C63H108O5/c1-4-7-10-13-16-19-22-25-28-31-34-37-40-43-46-49-52-55-58-66-59-61(68-63(65)57-54-51-48-45-42-39-36-33-30-27-24-21-18-15-12-9-6-3)60-67-62(64)56-53-50-47-44-41-38-35-32-29-26-23-20-17-14-11-8-5-2/h8-9,11-12,17-18,20-21,26-27,29-30,35-36,38-39,61H,4-7,10,13-16,19,22-25,28,31-34,37,40-60H2,1-3H3/b11-8-,12-9-,20-17-,21-18-,29-26-,30-27-,38-35-,39-36-. The number of ether oxygens (including phenoxy) is 3. The van der Waals surface area contributed by atoms with E-state index in [-0.39, 0.29) is 25.2 Å². The molecule has 0 aromatic carbocycles. The van der Waals surface area contributed by atoms with Gasteiger partial charge >= 0.3 is 11.9 Å². The lowest BCUT2D eigenvalue weighted by molar-refractivity contribution is -0.163. The van der Waals surface area contributed by atoms with Gasteiger partial charge in [0.1, 0.15) is 6.61 Å². The summed E-state index contributed by atoms with van der Waals surface area (Å²) in [5.74, 6) is -0.447. The van der Waals surface area contributed by atoms with Gasteiger partial charge in [0, 0.05) is 19.4 Å². The molecule has 0 fully saturated rings. The van der Waals surface area contributed by atoms with E-state index >= 15 is 0 Å². The molecule has 0 radical (unpaired) electrons. The van der Waals surface area contributed by atoms with Crippen LogP contribution >= 0.6 is 0 Å². The first-order chi connectivity index (χ1) is 33.6. The second-order valence-corrected chi connectivity index (χ2v) is 18.8. The number of hydrogen-bond donors (Lipinski definition) is 0. The zero-order chi connectivity index (χ0) is 49.2. The third-order valence-corrected chi connectivity index (χ3v) is 12.1. The van der Waals surface area contributed by atoms with E-state index < -0.39 is 6.10 Å². The summed E-state index contributed by atoms with van der Waals surface area (Å²) in [6.45, 7) is 7.58. The van der Waals surface area contributed by atoms with Crippen molar-refractivity contribution in [3.05, 3.63) is 97.2 Å². The molecular weight excluding hydrogens is 837 g/mol. The summed E-state index contributed by atoms with van der Waals surface area (Å²) in [5.41, 5.74) is 0. The second-order valence-electron chi connectivity index (χ2n) is 18.8. The largest absolute Gasteiger partial charge is 0.462 e. The fourth-order valence-electron chi connectivity index (χ4n) is 7.90. The van der Waals surface area contributed by atoms with Crippen LogP contribution < -0.4 is 0 Å². The Balaban J connectivity index is 4.36. The van der Waals surface area contributed by atoms with Gasteiger partial charge in [0.05, 0.1) is 6.61 Å². The van der Waals surface area contributed by atoms with Gasteiger partial charge in [0.15, 0.2) is 6.10 Å². The summed E-state index contributed by atoms with van der Waals surface area (Å²) in [4.78, 5) is 25.5. The lowest BCUT2D eigenvalue weighted by Gasteiger charge is -2.18. The van der Waals surface area contributed by atoms with Crippen molar-refractivity contribution in [3.8, 4) is 0 Å². The number of esters is 2. The van der Waals surface area contributed by atoms with Crippen LogP contribution in [-0.2, 0) is 23.8 Å². The highest BCUT2D eigenvalue weighted by molar-refractivity contribution is 5.70. The molecule has 1 unspecified atom stereocenters. The van der Waals surface area contributed by atoms with Crippen LogP contribution in [0.5, 0.6) is 0 Å². The van der Waals surface area contributed by atoms with E-state index in [9.17, 15) is 9.59 Å². The van der Waals surface area contributed by atoms with Crippen LogP contribution in [0.15, 0.2) is 97.2 Å². The Morgan fingerprint density at radius 3 is 1.06 bits per heavy atom. The molecule has 390 valence electrons. The molecule has 0 aromatic heterocycles. The summed E-state index contributed by atoms with van der Waals surface area (Å²) in [5, 5.41) is 0. The van der Waals surface area contributed by atoms with Gasteiger partial charge < -0.3 is 14.2 Å². The predicted molar refractivity (Wildman–Crippen MR) is 297 cm³/mol. The van der Waals surface area contributed by atoms with E-state index in [2.05, 4.69) is 118 Å². The van der Waals surface area contributed by atoms with Crippen LogP contribution in [0.25, 0.3) is 0 Å². The van der Waals surface area contributed by atoms with Gasteiger partial charge in [0.25, 0.3) is 0 Å². The summed E-state index contributed by atoms with van der Waals surface area (Å²) in [6, 6.07) is 0. The molecular formula is C63H108O5. The zero-order valence-electron chi connectivity index (χ0n) is 44.8. The first kappa shape index (κ1) is 64.8. The van der Waals surface area contributed by atoms with Crippen molar-refractivity contribution >= 4 is 11.9 Å². The highest BCUT2D eigenvalue weighted by Gasteiger charge is 2.17. The van der Waals surface area contributed by atoms with Crippen molar-refractivity contribution in [2.75, 3.05) is 19.8 Å². The fourth-order valence-corrected chi connectivity index (χ4v) is 7.90. The average Bonchev–Trinajstić information content (AvgIpc) is 3.34. The third kappa shape index (κ3) is 55.4. The minimum atomic E-state index is -0.564. The molecule has 5 nitrogen and oxygen atoms in total. The van der Waals surface area contributed by atoms with Crippen molar-refractivity contribution in [1.29, 1.82) is 0 Å². The Morgan fingerprint density at radius 2 is 0.662 bits per heavy atom. The van der Waals surface area contributed by atoms with E-state index in [1.807, 2.05) is 0 Å². The van der Waals surface area contributed by atoms with E-state index in [0.717, 1.165) is 128 Å². The predicted octanol–water partition coefficient (Wildman–Crippen LogP) is 19.8. The minimum absolute atomic E-state index is 0.0599. The van der Waals surface area contributed by atoms with Crippen molar-refractivity contribution in [1.82, 2.24) is 0 Å². The molecule has 0 aromatic rings. The van der Waals surface area contributed by atoms with Gasteiger partial charge in [-0.05, 0) is 96.3 Å². The van der Waals surface area contributed by atoms with Crippen molar-refractivity contribution < 1.29 is 23.8 Å². The van der Waals surface area contributed by atoms with Crippen LogP contribution in [0.3, 0.4) is 0 Å². The Morgan fingerprint density at radius 1 is 0.338 bits per heavy atom. The maximum Gasteiger partial charge on any atom is 0.306 e. The monoisotopic (exact) mass is 945 g/mol. The maximum absolute atomic E-state index is 12.9. The number of allylic oxidation sites excluding steroid dienone is 16. The molecule has 0 amide bonds. The SMILES string of the molecule is CC/C=C\C/C=C\C/C=C\C/C=C\CCCCCCC(=O)OCC(COCCCCCCCCCCCCCCCCCCCC)OC(=O)CCCCCC/C=C\C/C=C\C/C=C\C/C=C\CC. The lowest BCUT2D eigenvalue weighted by Crippen LogP contribution is -2.30. The Hall–Kier alpha value is -3.18. The summed E-state index contributed by atoms with van der Waals surface area (Å²) in [7, 11) is 0. The molecule has 0 aliphatic heterocycles. The van der Waals surface area contributed by atoms with E-state index in [1.165, 1.54) is 103 Å². The lowest BCUT2D eigenvalue weighted by atomic mass is 10.0. The molecule has 68 heavy (non-hydrogen) atoms. The highest BCUT2D eigenvalue weighted by Crippen LogP contribution is 2.15. The molecule has 0 saturated carbocycles. The summed E-state index contributed by atoms with van der Waals surface area (Å²) < 4.78 is 17.5. The number of rotatable bonds is 52. The molecule has 0 N–H and O–H groups in total. The fraction of sp³-hybridized carbons (Fsp3) is 0.714. The van der Waals surface area contributed by atoms with Crippen LogP contribution in [0.2, 0.25) is 0 Å². The minimum Gasteiger partial charge on any atom is -0.462 e. The smallest absolute Gasteiger partial charge is 0.306 e. The number of unbranched alkanes of at least 4 members (excludes halogenated alkanes) is 25. The number of hydrogen-bond acceptors (Lipinski definition) is 5.